The molecule has 2 aromatic rings. The number of carbonyl (C=O) groups excluding carboxylic acids is 4. The summed E-state index contributed by atoms with van der Waals surface area (Å²) < 4.78 is 27.9. The number of allylic oxidation sites excluding steroid dienone is 1. The fourth-order valence-corrected chi connectivity index (χ4v) is 9.36. The highest BCUT2D eigenvalue weighted by atomic mass is 32.2. The molecule has 1 unspecified atom stereocenters. The lowest BCUT2D eigenvalue weighted by Crippen LogP contribution is -2.58. The van der Waals surface area contributed by atoms with Crippen molar-refractivity contribution >= 4 is 46.1 Å². The summed E-state index contributed by atoms with van der Waals surface area (Å²) in [5.74, 6) is -0.935. The van der Waals surface area contributed by atoms with E-state index in [0.29, 0.717) is 37.9 Å². The first-order valence-corrected chi connectivity index (χ1v) is 20.8. The predicted octanol–water partition coefficient (Wildman–Crippen LogP) is 5.39. The normalized spacial score (nSPS) is 30.4. The quantitative estimate of drug-likeness (QED) is 0.270. The van der Waals surface area contributed by atoms with Crippen LogP contribution in [0.15, 0.2) is 30.4 Å². The molecule has 7 rings (SSSR count). The first-order chi connectivity index (χ1) is 25.6. The first-order valence-electron chi connectivity index (χ1n) is 19.7. The minimum absolute atomic E-state index is 0.118. The molecule has 4 heterocycles. The first kappa shape index (κ1) is 38.4. The maximum absolute atomic E-state index is 14.7. The topological polar surface area (TPSA) is 162 Å². The van der Waals surface area contributed by atoms with Gasteiger partial charge in [0, 0.05) is 36.1 Å². The summed E-state index contributed by atoms with van der Waals surface area (Å²) >= 11 is -1.59. The van der Waals surface area contributed by atoms with Gasteiger partial charge in [0.05, 0.1) is 29.1 Å². The van der Waals surface area contributed by atoms with Gasteiger partial charge in [-0.05, 0) is 97.3 Å². The SMILES string of the molecule is CCc1ccc2nc(C)c3c(c2c1)CC[C@]1(C[C@H]2C(=O)N[C@]4(C(=O)N[S+]([O-])C5(C)CC5)C[C@H]4/C=C\CCCCC[C@H](NC(=O)OC(C)(C)C)C(=O)N2C1)O3. The van der Waals surface area contributed by atoms with Crippen molar-refractivity contribution in [1.82, 2.24) is 25.2 Å². The van der Waals surface area contributed by atoms with Gasteiger partial charge in [-0.3, -0.25) is 14.4 Å². The van der Waals surface area contributed by atoms with E-state index in [2.05, 4.69) is 34.4 Å². The van der Waals surface area contributed by atoms with Crippen LogP contribution in [0.25, 0.3) is 10.9 Å². The lowest BCUT2D eigenvalue weighted by atomic mass is 9.87. The molecule has 5 aliphatic rings. The number of fused-ring (bicyclic) bond motifs is 5. The summed E-state index contributed by atoms with van der Waals surface area (Å²) in [6.07, 6.45) is 11.0. The Morgan fingerprint density at radius 3 is 2.65 bits per heavy atom. The molecule has 1 spiro atoms. The minimum Gasteiger partial charge on any atom is -0.593 e. The van der Waals surface area contributed by atoms with Crippen LogP contribution in [0.5, 0.6) is 5.75 Å². The van der Waals surface area contributed by atoms with E-state index in [1.54, 1.807) is 25.7 Å². The molecule has 0 bridgehead atoms. The second-order valence-corrected chi connectivity index (χ2v) is 19.1. The molecule has 1 saturated heterocycles. The summed E-state index contributed by atoms with van der Waals surface area (Å²) in [5, 5.41) is 6.95. The Balaban J connectivity index is 1.23. The number of amides is 4. The number of pyridine rings is 1. The van der Waals surface area contributed by atoms with Gasteiger partial charge in [-0.25, -0.2) is 9.78 Å². The monoisotopic (exact) mass is 761 g/mol. The molecule has 292 valence electrons. The molecule has 3 fully saturated rings. The van der Waals surface area contributed by atoms with Gasteiger partial charge in [-0.2, -0.15) is 4.72 Å². The van der Waals surface area contributed by atoms with Crippen molar-refractivity contribution < 1.29 is 33.2 Å². The molecule has 54 heavy (non-hydrogen) atoms. The molecule has 2 aliphatic carbocycles. The fraction of sp³-hybridized carbons (Fsp3) is 0.634. The van der Waals surface area contributed by atoms with E-state index in [-0.39, 0.29) is 18.9 Å². The Hall–Kier alpha value is -3.84. The van der Waals surface area contributed by atoms with E-state index >= 15 is 0 Å². The number of aromatic nitrogens is 1. The number of nitrogens with one attached hydrogen (secondary N) is 3. The molecule has 1 aromatic carbocycles. The number of hydrogen-bond acceptors (Lipinski definition) is 8. The van der Waals surface area contributed by atoms with Crippen LogP contribution >= 0.6 is 0 Å². The number of ether oxygens (including phenoxy) is 2. The van der Waals surface area contributed by atoms with E-state index in [0.717, 1.165) is 60.7 Å². The molecule has 4 amide bonds. The summed E-state index contributed by atoms with van der Waals surface area (Å²) in [4.78, 5) is 62.9. The summed E-state index contributed by atoms with van der Waals surface area (Å²) in [7, 11) is 0. The van der Waals surface area contributed by atoms with E-state index in [1.807, 2.05) is 32.1 Å². The Morgan fingerprint density at radius 2 is 1.93 bits per heavy atom. The average Bonchev–Trinajstić information content (AvgIpc) is 4.00. The van der Waals surface area contributed by atoms with E-state index in [1.165, 1.54) is 5.56 Å². The number of aryl methyl sites for hydroxylation is 3. The number of hydrogen-bond donors (Lipinski definition) is 3. The average molecular weight is 762 g/mol. The van der Waals surface area contributed by atoms with Crippen molar-refractivity contribution in [3.8, 4) is 5.75 Å². The van der Waals surface area contributed by atoms with Gasteiger partial charge >= 0.3 is 6.09 Å². The molecule has 2 saturated carbocycles. The third-order valence-corrected chi connectivity index (χ3v) is 13.6. The zero-order valence-corrected chi connectivity index (χ0v) is 33.3. The van der Waals surface area contributed by atoms with Crippen LogP contribution < -0.4 is 20.1 Å². The van der Waals surface area contributed by atoms with Crippen LogP contribution in [0, 0.1) is 12.8 Å². The van der Waals surface area contributed by atoms with Crippen LogP contribution in [0.2, 0.25) is 0 Å². The highest BCUT2D eigenvalue weighted by Crippen LogP contribution is 2.49. The molecular weight excluding hydrogens is 707 g/mol. The van der Waals surface area contributed by atoms with Crippen LogP contribution in [0.4, 0.5) is 4.79 Å². The summed E-state index contributed by atoms with van der Waals surface area (Å²) in [6.45, 7) is 11.3. The molecular formula is C41H55N5O7S. The Bertz CT molecular complexity index is 1870. The highest BCUT2D eigenvalue weighted by molar-refractivity contribution is 7.91. The zero-order valence-electron chi connectivity index (χ0n) is 32.5. The van der Waals surface area contributed by atoms with Gasteiger partial charge in [0.1, 0.15) is 39.3 Å². The number of rotatable bonds is 5. The molecule has 13 heteroatoms. The largest absolute Gasteiger partial charge is 0.593 e. The van der Waals surface area contributed by atoms with Crippen molar-refractivity contribution in [2.45, 2.75) is 152 Å². The summed E-state index contributed by atoms with van der Waals surface area (Å²) in [6, 6.07) is 4.39. The lowest BCUT2D eigenvalue weighted by Gasteiger charge is -2.37. The Morgan fingerprint density at radius 1 is 1.15 bits per heavy atom. The lowest BCUT2D eigenvalue weighted by molar-refractivity contribution is -0.141. The van der Waals surface area contributed by atoms with Crippen LogP contribution in [-0.2, 0) is 43.3 Å². The maximum Gasteiger partial charge on any atom is 0.408 e. The minimum atomic E-state index is -1.59. The number of benzene rings is 1. The Labute approximate surface area is 321 Å². The van der Waals surface area contributed by atoms with Crippen molar-refractivity contribution in [2.24, 2.45) is 5.92 Å². The zero-order chi connectivity index (χ0) is 38.6. The number of nitrogens with zero attached hydrogens (tertiary/aromatic N) is 2. The van der Waals surface area contributed by atoms with Gasteiger partial charge in [-0.15, -0.1) is 0 Å². The number of alkyl carbamates (subject to hydrolysis) is 1. The highest BCUT2D eigenvalue weighted by Gasteiger charge is 2.64. The molecule has 1 aromatic heterocycles. The van der Waals surface area contributed by atoms with Crippen molar-refractivity contribution in [1.29, 1.82) is 0 Å². The second-order valence-electron chi connectivity index (χ2n) is 17.4. The van der Waals surface area contributed by atoms with Crippen molar-refractivity contribution in [3.63, 3.8) is 0 Å². The van der Waals surface area contributed by atoms with Gasteiger partial charge in [-0.1, -0.05) is 38.0 Å². The van der Waals surface area contributed by atoms with E-state index in [9.17, 15) is 23.7 Å². The van der Waals surface area contributed by atoms with Gasteiger partial charge < -0.3 is 29.6 Å². The second kappa shape index (κ2) is 14.3. The smallest absolute Gasteiger partial charge is 0.408 e. The Kier molecular flexibility index (Phi) is 10.2. The molecule has 12 nitrogen and oxygen atoms in total. The number of carbonyl (C=O) groups is 4. The van der Waals surface area contributed by atoms with Crippen LogP contribution in [0.1, 0.15) is 116 Å². The van der Waals surface area contributed by atoms with Crippen LogP contribution in [0.3, 0.4) is 0 Å². The fourth-order valence-electron chi connectivity index (χ4n) is 8.29. The third kappa shape index (κ3) is 7.67. The van der Waals surface area contributed by atoms with Gasteiger partial charge in [0.15, 0.2) is 0 Å². The van der Waals surface area contributed by atoms with E-state index < -0.39 is 68.7 Å². The van der Waals surface area contributed by atoms with E-state index in [4.69, 9.17) is 14.5 Å². The third-order valence-electron chi connectivity index (χ3n) is 11.9. The van der Waals surface area contributed by atoms with Gasteiger partial charge in [0.25, 0.3) is 5.91 Å². The molecule has 6 atom stereocenters. The molecule has 0 radical (unpaired) electrons. The molecule has 3 aliphatic heterocycles. The molecule has 3 N–H and O–H groups in total. The predicted molar refractivity (Wildman–Crippen MR) is 206 cm³/mol. The van der Waals surface area contributed by atoms with Crippen molar-refractivity contribution in [3.05, 3.63) is 47.2 Å². The standard InChI is InChI=1S/C41H55N5O7S/c1-7-26-15-16-30-29(21-26)28-17-18-40(52-33(28)25(2)42-30)23-32-34(47)44-41(36(49)45-54(51)39(6)19-20-39)22-27(41)13-11-9-8-10-12-14-31(35(48)46(32)24-40)43-37(50)53-38(3,4)5/h11,13,15-16,21,27,31-32H,7-10,12,14,17-20,22-24H2,1-6H3,(H,43,50)(H,44,47)(H,45,49)/b13-11-/t27-,31+,32+,40-,41-,54?/m1/s1. The van der Waals surface area contributed by atoms with Crippen molar-refractivity contribution in [2.75, 3.05) is 6.54 Å². The van der Waals surface area contributed by atoms with Gasteiger partial charge in [0.2, 0.25) is 11.8 Å². The van der Waals surface area contributed by atoms with Crippen LogP contribution in [-0.4, -0.2) is 78.4 Å². The maximum atomic E-state index is 14.7. The summed E-state index contributed by atoms with van der Waals surface area (Å²) in [5.41, 5.74) is 0.955.